The number of amides is 1. The molecule has 0 fully saturated rings. The maximum Gasteiger partial charge on any atom is 0.234 e. The number of halogens is 1. The van der Waals surface area contributed by atoms with Crippen molar-refractivity contribution >= 4 is 29.1 Å². The van der Waals surface area contributed by atoms with Gasteiger partial charge in [-0.25, -0.2) is 4.39 Å². The maximum absolute atomic E-state index is 12.6. The zero-order valence-electron chi connectivity index (χ0n) is 9.70. The van der Waals surface area contributed by atoms with Gasteiger partial charge in [0.2, 0.25) is 5.91 Å². The topological polar surface area (TPSA) is 46.2 Å². The van der Waals surface area contributed by atoms with E-state index >= 15 is 0 Å². The molecule has 1 amide bonds. The molecule has 1 rings (SSSR count). The second-order valence-electron chi connectivity index (χ2n) is 3.62. The van der Waals surface area contributed by atoms with Crippen LogP contribution < -0.4 is 5.32 Å². The van der Waals surface area contributed by atoms with Crippen molar-refractivity contribution < 1.29 is 14.0 Å². The molecular formula is C12H14FNO2S. The molecule has 92 valence electrons. The van der Waals surface area contributed by atoms with E-state index in [1.165, 1.54) is 43.0 Å². The molecule has 1 aromatic rings. The lowest BCUT2D eigenvalue weighted by atomic mass is 10.3. The number of rotatable bonds is 5. The first-order valence-corrected chi connectivity index (χ1v) is 6.21. The van der Waals surface area contributed by atoms with Gasteiger partial charge in [-0.05, 0) is 38.1 Å². The van der Waals surface area contributed by atoms with Gasteiger partial charge in [-0.1, -0.05) is 0 Å². The summed E-state index contributed by atoms with van der Waals surface area (Å²) in [6, 6.07) is 5.54. The minimum atomic E-state index is -0.345. The number of nitrogens with one attached hydrogen (secondary N) is 1. The molecular weight excluding hydrogens is 241 g/mol. The molecule has 0 aliphatic rings. The Morgan fingerprint density at radius 1 is 1.35 bits per heavy atom. The number of Topliss-reactive ketones (excluding diaryl/α,β-unsaturated/α-hetero) is 1. The molecule has 17 heavy (non-hydrogen) atoms. The molecule has 0 bridgehead atoms. The van der Waals surface area contributed by atoms with Gasteiger partial charge in [0.05, 0.1) is 11.0 Å². The van der Waals surface area contributed by atoms with Crippen LogP contribution in [0.1, 0.15) is 13.8 Å². The van der Waals surface area contributed by atoms with Gasteiger partial charge < -0.3 is 5.32 Å². The van der Waals surface area contributed by atoms with Gasteiger partial charge in [0.25, 0.3) is 0 Å². The molecule has 1 N–H and O–H groups in total. The van der Waals surface area contributed by atoms with E-state index in [2.05, 4.69) is 5.32 Å². The van der Waals surface area contributed by atoms with E-state index in [0.717, 1.165) is 0 Å². The molecule has 1 atom stereocenters. The molecule has 0 saturated carbocycles. The normalized spacial score (nSPS) is 11.9. The molecule has 0 heterocycles. The van der Waals surface area contributed by atoms with Crippen molar-refractivity contribution in [1.82, 2.24) is 0 Å². The Kier molecular flexibility index (Phi) is 5.15. The Balaban J connectivity index is 2.39. The highest BCUT2D eigenvalue weighted by atomic mass is 32.2. The number of thioether (sulfide) groups is 1. The Bertz CT molecular complexity index is 405. The van der Waals surface area contributed by atoms with Crippen molar-refractivity contribution in [3.8, 4) is 0 Å². The minimum absolute atomic E-state index is 0.0459. The van der Waals surface area contributed by atoms with Gasteiger partial charge in [-0.2, -0.15) is 0 Å². The molecule has 0 unspecified atom stereocenters. The molecule has 0 radical (unpaired) electrons. The first-order valence-electron chi connectivity index (χ1n) is 5.16. The third kappa shape index (κ3) is 4.99. The fourth-order valence-electron chi connectivity index (χ4n) is 1.05. The second-order valence-corrected chi connectivity index (χ2v) is 4.95. The zero-order valence-corrected chi connectivity index (χ0v) is 10.5. The molecule has 0 aliphatic heterocycles. The molecule has 5 heteroatoms. The van der Waals surface area contributed by atoms with E-state index in [1.54, 1.807) is 6.92 Å². The number of carbonyl (C=O) groups is 2. The number of carbonyl (C=O) groups excluding carboxylic acids is 2. The van der Waals surface area contributed by atoms with Gasteiger partial charge in [0, 0.05) is 5.69 Å². The van der Waals surface area contributed by atoms with Crippen molar-refractivity contribution in [3.05, 3.63) is 30.1 Å². The van der Waals surface area contributed by atoms with Crippen molar-refractivity contribution in [3.63, 3.8) is 0 Å². The Hall–Kier alpha value is -1.36. The van der Waals surface area contributed by atoms with Crippen molar-refractivity contribution in [1.29, 1.82) is 0 Å². The van der Waals surface area contributed by atoms with Gasteiger partial charge in [-0.3, -0.25) is 9.59 Å². The molecule has 0 saturated heterocycles. The van der Waals surface area contributed by atoms with Crippen LogP contribution >= 0.6 is 11.8 Å². The summed E-state index contributed by atoms with van der Waals surface area (Å²) >= 11 is 1.28. The average molecular weight is 255 g/mol. The van der Waals surface area contributed by atoms with Crippen molar-refractivity contribution in [2.24, 2.45) is 0 Å². The van der Waals surface area contributed by atoms with Crippen LogP contribution in [0.25, 0.3) is 0 Å². The number of hydrogen-bond donors (Lipinski definition) is 1. The van der Waals surface area contributed by atoms with Crippen LogP contribution in [0.3, 0.4) is 0 Å². The van der Waals surface area contributed by atoms with Crippen LogP contribution in [0.2, 0.25) is 0 Å². The summed E-state index contributed by atoms with van der Waals surface area (Å²) in [6.07, 6.45) is 0. The monoisotopic (exact) mass is 255 g/mol. The third-order valence-corrected chi connectivity index (χ3v) is 3.43. The number of ketones is 1. The minimum Gasteiger partial charge on any atom is -0.325 e. The summed E-state index contributed by atoms with van der Waals surface area (Å²) in [4.78, 5) is 22.4. The van der Waals surface area contributed by atoms with E-state index in [-0.39, 0.29) is 28.5 Å². The van der Waals surface area contributed by atoms with Crippen molar-refractivity contribution in [2.45, 2.75) is 19.1 Å². The van der Waals surface area contributed by atoms with Crippen LogP contribution in [0, 0.1) is 5.82 Å². The van der Waals surface area contributed by atoms with Crippen LogP contribution in [0.4, 0.5) is 10.1 Å². The van der Waals surface area contributed by atoms with Crippen LogP contribution in [-0.4, -0.2) is 22.7 Å². The average Bonchev–Trinajstić information content (AvgIpc) is 2.29. The van der Waals surface area contributed by atoms with E-state index < -0.39 is 0 Å². The standard InChI is InChI=1S/C12H14FNO2S/c1-8(15)9(2)17-7-12(16)14-11-5-3-10(13)4-6-11/h3-6,9H,7H2,1-2H3,(H,14,16)/t9-/m1/s1. The smallest absolute Gasteiger partial charge is 0.234 e. The lowest BCUT2D eigenvalue weighted by Crippen LogP contribution is -2.18. The lowest BCUT2D eigenvalue weighted by molar-refractivity contribution is -0.116. The molecule has 1 aromatic carbocycles. The fourth-order valence-corrected chi connectivity index (χ4v) is 1.76. The Morgan fingerprint density at radius 2 is 1.94 bits per heavy atom. The molecule has 0 aromatic heterocycles. The summed E-state index contributed by atoms with van der Waals surface area (Å²) in [5.74, 6) is -0.292. The first-order chi connectivity index (χ1) is 7.99. The van der Waals surface area contributed by atoms with E-state index in [0.29, 0.717) is 5.69 Å². The van der Waals surface area contributed by atoms with Crippen LogP contribution in [0.5, 0.6) is 0 Å². The summed E-state index contributed by atoms with van der Waals surface area (Å²) in [7, 11) is 0. The first kappa shape index (κ1) is 13.7. The van der Waals surface area contributed by atoms with Crippen molar-refractivity contribution in [2.75, 3.05) is 11.1 Å². The Morgan fingerprint density at radius 3 is 2.47 bits per heavy atom. The number of anilines is 1. The highest BCUT2D eigenvalue weighted by molar-refractivity contribution is 8.01. The summed E-state index contributed by atoms with van der Waals surface area (Å²) in [5, 5.41) is 2.44. The van der Waals surface area contributed by atoms with Gasteiger partial charge in [-0.15, -0.1) is 11.8 Å². The van der Waals surface area contributed by atoms with Crippen LogP contribution in [-0.2, 0) is 9.59 Å². The van der Waals surface area contributed by atoms with Gasteiger partial charge >= 0.3 is 0 Å². The molecule has 3 nitrogen and oxygen atoms in total. The second kappa shape index (κ2) is 6.39. The summed E-state index contributed by atoms with van der Waals surface area (Å²) < 4.78 is 12.6. The number of hydrogen-bond acceptors (Lipinski definition) is 3. The Labute approximate surface area is 104 Å². The predicted octanol–water partition coefficient (Wildman–Crippen LogP) is 2.47. The zero-order chi connectivity index (χ0) is 12.8. The summed E-state index contributed by atoms with van der Waals surface area (Å²) in [5.41, 5.74) is 0.549. The van der Waals surface area contributed by atoms with E-state index in [1.807, 2.05) is 0 Å². The third-order valence-electron chi connectivity index (χ3n) is 2.16. The lowest BCUT2D eigenvalue weighted by Gasteiger charge is -2.08. The van der Waals surface area contributed by atoms with E-state index in [9.17, 15) is 14.0 Å². The summed E-state index contributed by atoms with van der Waals surface area (Å²) in [6.45, 7) is 3.26. The highest BCUT2D eigenvalue weighted by Crippen LogP contribution is 2.13. The SMILES string of the molecule is CC(=O)[C@@H](C)SCC(=O)Nc1ccc(F)cc1. The van der Waals surface area contributed by atoms with Crippen LogP contribution in [0.15, 0.2) is 24.3 Å². The molecule has 0 spiro atoms. The predicted molar refractivity (Wildman–Crippen MR) is 67.6 cm³/mol. The maximum atomic E-state index is 12.6. The largest absolute Gasteiger partial charge is 0.325 e. The highest BCUT2D eigenvalue weighted by Gasteiger charge is 2.10. The fraction of sp³-hybridized carbons (Fsp3) is 0.333. The molecule has 0 aliphatic carbocycles. The number of benzene rings is 1. The quantitative estimate of drug-likeness (QED) is 0.879. The van der Waals surface area contributed by atoms with E-state index in [4.69, 9.17) is 0 Å². The van der Waals surface area contributed by atoms with Gasteiger partial charge in [0.1, 0.15) is 11.6 Å². The van der Waals surface area contributed by atoms with Gasteiger partial charge in [0.15, 0.2) is 0 Å².